The fourth-order valence-electron chi connectivity index (χ4n) is 1.43. The van der Waals surface area contributed by atoms with Gasteiger partial charge in [0.05, 0.1) is 4.75 Å². The molecule has 0 saturated carbocycles. The van der Waals surface area contributed by atoms with Crippen LogP contribution < -0.4 is 10.6 Å². The number of nitrogens with one attached hydrogen (secondary N) is 2. The molecule has 0 radical (unpaired) electrons. The van der Waals surface area contributed by atoms with Crippen molar-refractivity contribution in [3.8, 4) is 0 Å². The minimum atomic E-state index is -4.34. The van der Waals surface area contributed by atoms with Gasteiger partial charge in [0.25, 0.3) is 10.1 Å². The van der Waals surface area contributed by atoms with Gasteiger partial charge in [0.2, 0.25) is 11.8 Å². The minimum Gasteiger partial charge on any atom is -0.356 e. The highest BCUT2D eigenvalue weighted by Gasteiger charge is 2.41. The maximum atomic E-state index is 11.4. The summed E-state index contributed by atoms with van der Waals surface area (Å²) in [4.78, 5) is 22.4. The van der Waals surface area contributed by atoms with Crippen LogP contribution in [0.5, 0.6) is 0 Å². The monoisotopic (exact) mass is 306 g/mol. The molecule has 0 saturated heterocycles. The van der Waals surface area contributed by atoms with E-state index in [9.17, 15) is 22.6 Å². The highest BCUT2D eigenvalue weighted by molar-refractivity contribution is 7.87. The molecule has 0 fully saturated rings. The molecular weight excluding hydrogens is 284 g/mol. The average Bonchev–Trinajstić information content (AvgIpc) is 2.36. The van der Waals surface area contributed by atoms with Gasteiger partial charge in [-0.2, -0.15) is 8.42 Å². The van der Waals surface area contributed by atoms with E-state index in [1.165, 1.54) is 13.8 Å². The Morgan fingerprint density at radius 2 is 1.80 bits per heavy atom. The van der Waals surface area contributed by atoms with Crippen molar-refractivity contribution in [2.45, 2.75) is 31.9 Å². The molecule has 7 nitrogen and oxygen atoms in total. The summed E-state index contributed by atoms with van der Waals surface area (Å²) in [5.41, 5.74) is 0. The number of carbonyl (C=O) groups is 2. The van der Waals surface area contributed by atoms with Gasteiger partial charge < -0.3 is 10.6 Å². The maximum absolute atomic E-state index is 11.4. The Labute approximate surface area is 119 Å². The topological polar surface area (TPSA) is 113 Å². The van der Waals surface area contributed by atoms with E-state index in [-0.39, 0.29) is 25.4 Å². The zero-order valence-corrected chi connectivity index (χ0v) is 12.8. The molecule has 116 valence electrons. The van der Waals surface area contributed by atoms with Gasteiger partial charge in [-0.15, -0.1) is 0 Å². The Morgan fingerprint density at radius 1 is 1.30 bits per heavy atom. The van der Waals surface area contributed by atoms with Gasteiger partial charge in [-0.1, -0.05) is 13.5 Å². The Morgan fingerprint density at radius 3 is 2.20 bits per heavy atom. The molecule has 1 atom stereocenters. The molecule has 3 N–H and O–H groups in total. The predicted molar refractivity (Wildman–Crippen MR) is 75.6 cm³/mol. The highest BCUT2D eigenvalue weighted by Crippen LogP contribution is 2.25. The third-order valence-corrected chi connectivity index (χ3v) is 4.89. The zero-order valence-electron chi connectivity index (χ0n) is 12.0. The first-order valence-electron chi connectivity index (χ1n) is 6.20. The van der Waals surface area contributed by atoms with Crippen LogP contribution in [0.15, 0.2) is 12.7 Å². The molecule has 0 aromatic carbocycles. The van der Waals surface area contributed by atoms with Crippen LogP contribution in [0.3, 0.4) is 0 Å². The van der Waals surface area contributed by atoms with Crippen molar-refractivity contribution in [3.05, 3.63) is 12.7 Å². The second-order valence-corrected chi connectivity index (χ2v) is 6.88. The third kappa shape index (κ3) is 5.30. The van der Waals surface area contributed by atoms with Gasteiger partial charge in [-0.3, -0.25) is 14.1 Å². The van der Waals surface area contributed by atoms with E-state index < -0.39 is 26.7 Å². The number of hydrogen-bond acceptors (Lipinski definition) is 4. The Balaban J connectivity index is 5.00. The second kappa shape index (κ2) is 7.39. The quantitative estimate of drug-likeness (QED) is 0.435. The molecule has 0 aliphatic rings. The lowest BCUT2D eigenvalue weighted by atomic mass is 9.94. The van der Waals surface area contributed by atoms with E-state index in [1.54, 1.807) is 6.92 Å². The largest absolute Gasteiger partial charge is 0.356 e. The molecule has 2 amide bonds. The fraction of sp³-hybridized carbons (Fsp3) is 0.667. The van der Waals surface area contributed by atoms with E-state index in [2.05, 4.69) is 17.2 Å². The molecule has 0 aromatic rings. The van der Waals surface area contributed by atoms with Crippen molar-refractivity contribution >= 4 is 21.9 Å². The van der Waals surface area contributed by atoms with E-state index in [1.807, 2.05) is 0 Å². The van der Waals surface area contributed by atoms with Gasteiger partial charge in [-0.05, 0) is 19.9 Å². The number of hydrogen-bond donors (Lipinski definition) is 3. The van der Waals surface area contributed by atoms with Gasteiger partial charge in [0.1, 0.15) is 0 Å². The van der Waals surface area contributed by atoms with E-state index in [0.29, 0.717) is 0 Å². The van der Waals surface area contributed by atoms with E-state index in [0.717, 1.165) is 6.08 Å². The van der Waals surface area contributed by atoms with Crippen molar-refractivity contribution in [2.75, 3.05) is 13.1 Å². The summed E-state index contributed by atoms with van der Waals surface area (Å²) in [6.45, 7) is 7.64. The molecule has 0 aliphatic carbocycles. The maximum Gasteiger partial charge on any atom is 0.270 e. The van der Waals surface area contributed by atoms with Gasteiger partial charge in [0, 0.05) is 25.4 Å². The minimum absolute atomic E-state index is 0.0123. The molecular formula is C12H22N2O5S. The summed E-state index contributed by atoms with van der Waals surface area (Å²) in [6, 6.07) is 0. The van der Waals surface area contributed by atoms with E-state index >= 15 is 0 Å². The Hall–Kier alpha value is -1.41. The van der Waals surface area contributed by atoms with Crippen LogP contribution in [0.25, 0.3) is 0 Å². The van der Waals surface area contributed by atoms with Crippen LogP contribution in [0.4, 0.5) is 0 Å². The Bertz CT molecular complexity index is 470. The van der Waals surface area contributed by atoms with Crippen molar-refractivity contribution < 1.29 is 22.6 Å². The van der Waals surface area contributed by atoms with Gasteiger partial charge >= 0.3 is 0 Å². The lowest BCUT2D eigenvalue weighted by molar-refractivity contribution is -0.121. The second-order valence-electron chi connectivity index (χ2n) is 4.88. The smallest absolute Gasteiger partial charge is 0.270 e. The zero-order chi connectivity index (χ0) is 16.0. The van der Waals surface area contributed by atoms with Crippen molar-refractivity contribution in [1.82, 2.24) is 10.6 Å². The standard InChI is InChI=1S/C12H22N2O5S/c1-5-10(15)13-7-9(8-14-11(16)6-2)12(3,4)20(17,18)19/h5,9H,1,6-8H2,2-4H3,(H,13,15)(H,14,16)(H,17,18,19). The van der Waals surface area contributed by atoms with Crippen LogP contribution in [-0.2, 0) is 19.7 Å². The molecule has 0 heterocycles. The summed E-state index contributed by atoms with van der Waals surface area (Å²) in [5.74, 6) is -1.38. The van der Waals surface area contributed by atoms with Crippen LogP contribution in [-0.4, -0.2) is 42.6 Å². The van der Waals surface area contributed by atoms with E-state index in [4.69, 9.17) is 0 Å². The number of amides is 2. The molecule has 20 heavy (non-hydrogen) atoms. The molecule has 0 spiro atoms. The molecule has 0 rings (SSSR count). The van der Waals surface area contributed by atoms with Gasteiger partial charge in [0.15, 0.2) is 0 Å². The summed E-state index contributed by atoms with van der Waals surface area (Å²) in [7, 11) is -4.34. The van der Waals surface area contributed by atoms with Crippen molar-refractivity contribution in [1.29, 1.82) is 0 Å². The average molecular weight is 306 g/mol. The third-order valence-electron chi connectivity index (χ3n) is 3.22. The first kappa shape index (κ1) is 18.6. The van der Waals surface area contributed by atoms with Gasteiger partial charge in [-0.25, -0.2) is 0 Å². The molecule has 0 aliphatic heterocycles. The Kier molecular flexibility index (Phi) is 6.87. The fourth-order valence-corrected chi connectivity index (χ4v) is 2.02. The summed E-state index contributed by atoms with van der Waals surface area (Å²) < 4.78 is 30.6. The summed E-state index contributed by atoms with van der Waals surface area (Å²) in [6.07, 6.45) is 1.32. The SMILES string of the molecule is C=CC(=O)NCC(CNC(=O)CC)C(C)(C)S(=O)(=O)O. The number of rotatable bonds is 8. The molecule has 0 bridgehead atoms. The van der Waals surface area contributed by atoms with Crippen LogP contribution in [0.1, 0.15) is 27.2 Å². The first-order chi connectivity index (χ1) is 9.06. The molecule has 1 unspecified atom stereocenters. The predicted octanol–water partition coefficient (Wildman–Crippen LogP) is 0.0974. The van der Waals surface area contributed by atoms with Crippen LogP contribution in [0.2, 0.25) is 0 Å². The lowest BCUT2D eigenvalue weighted by Gasteiger charge is -2.31. The summed E-state index contributed by atoms with van der Waals surface area (Å²) >= 11 is 0. The first-order valence-corrected chi connectivity index (χ1v) is 7.64. The highest BCUT2D eigenvalue weighted by atomic mass is 32.2. The van der Waals surface area contributed by atoms with Crippen LogP contribution >= 0.6 is 0 Å². The molecule has 0 aromatic heterocycles. The van der Waals surface area contributed by atoms with Crippen molar-refractivity contribution in [3.63, 3.8) is 0 Å². The molecule has 8 heteroatoms. The van der Waals surface area contributed by atoms with Crippen LogP contribution in [0, 0.1) is 5.92 Å². The van der Waals surface area contributed by atoms with Crippen molar-refractivity contribution in [2.24, 2.45) is 5.92 Å². The number of carbonyl (C=O) groups excluding carboxylic acids is 2. The summed E-state index contributed by atoms with van der Waals surface area (Å²) in [5, 5.41) is 5.03. The lowest BCUT2D eigenvalue weighted by Crippen LogP contribution is -2.50. The normalized spacial score (nSPS) is 13.4.